The zero-order valence-corrected chi connectivity index (χ0v) is 30.9. The Balaban J connectivity index is 1.09. The Labute approximate surface area is 327 Å². The van der Waals surface area contributed by atoms with Gasteiger partial charge in [-0.25, -0.2) is 15.0 Å². The normalized spacial score (nSPS) is 11.6. The summed E-state index contributed by atoms with van der Waals surface area (Å²) in [6, 6.07) is 65.8. The molecular formula is C51H31N3OS. The quantitative estimate of drug-likeness (QED) is 0.171. The maximum atomic E-state index is 6.57. The molecule has 262 valence electrons. The fourth-order valence-electron chi connectivity index (χ4n) is 7.83. The molecule has 0 bridgehead atoms. The zero-order valence-electron chi connectivity index (χ0n) is 30.1. The molecule has 3 heterocycles. The molecule has 0 N–H and O–H groups in total. The number of aromatic nitrogens is 3. The summed E-state index contributed by atoms with van der Waals surface area (Å²) in [5.74, 6) is 1.97. The number of hydrogen-bond acceptors (Lipinski definition) is 5. The molecule has 0 saturated carbocycles. The van der Waals surface area contributed by atoms with Crippen molar-refractivity contribution in [2.75, 3.05) is 0 Å². The molecule has 0 unspecified atom stereocenters. The molecule has 0 amide bonds. The van der Waals surface area contributed by atoms with Crippen molar-refractivity contribution in [1.29, 1.82) is 0 Å². The first-order valence-electron chi connectivity index (χ1n) is 18.7. The highest BCUT2D eigenvalue weighted by Crippen LogP contribution is 2.44. The molecule has 5 heteroatoms. The van der Waals surface area contributed by atoms with Crippen LogP contribution in [0.2, 0.25) is 0 Å². The van der Waals surface area contributed by atoms with Gasteiger partial charge in [0, 0.05) is 47.6 Å². The fraction of sp³-hybridized carbons (Fsp3) is 0. The van der Waals surface area contributed by atoms with E-state index in [0.29, 0.717) is 17.5 Å². The highest BCUT2D eigenvalue weighted by atomic mass is 32.1. The van der Waals surface area contributed by atoms with E-state index in [-0.39, 0.29) is 0 Å². The number of thiophene rings is 1. The van der Waals surface area contributed by atoms with Crippen molar-refractivity contribution in [3.8, 4) is 67.5 Å². The Kier molecular flexibility index (Phi) is 7.64. The fourth-order valence-corrected chi connectivity index (χ4v) is 9.02. The van der Waals surface area contributed by atoms with Crippen molar-refractivity contribution < 1.29 is 4.42 Å². The number of hydrogen-bond donors (Lipinski definition) is 0. The minimum atomic E-state index is 0.653. The van der Waals surface area contributed by atoms with Gasteiger partial charge in [0.05, 0.1) is 0 Å². The summed E-state index contributed by atoms with van der Waals surface area (Å²) >= 11 is 1.78. The predicted octanol–water partition coefficient (Wildman–Crippen LogP) is 14.1. The number of furan rings is 1. The van der Waals surface area contributed by atoms with Gasteiger partial charge < -0.3 is 4.42 Å². The first-order chi connectivity index (χ1) is 27.7. The van der Waals surface area contributed by atoms with Gasteiger partial charge in [0.2, 0.25) is 0 Å². The molecule has 0 aliphatic carbocycles. The largest absolute Gasteiger partial charge is 0.456 e. The standard InChI is InChI=1S/C51H31N3OS/c1-4-14-32(15-5-1)35-20-12-21-36(28-35)38-30-42(47-40-22-10-11-25-44(40)55-45(47)31-38)37-26-27-46-43(29-37)39-23-13-24-41(48(39)56-46)51-53-49(33-16-6-2-7-17-33)52-50(54-51)34-18-8-3-9-19-34/h1-31H. The van der Waals surface area contributed by atoms with Crippen molar-refractivity contribution in [3.63, 3.8) is 0 Å². The van der Waals surface area contributed by atoms with Crippen LogP contribution >= 0.6 is 11.3 Å². The molecule has 0 atom stereocenters. The van der Waals surface area contributed by atoms with Gasteiger partial charge in [-0.15, -0.1) is 11.3 Å². The van der Waals surface area contributed by atoms with Gasteiger partial charge in [0.1, 0.15) is 11.2 Å². The van der Waals surface area contributed by atoms with Crippen LogP contribution in [0.5, 0.6) is 0 Å². The topological polar surface area (TPSA) is 51.8 Å². The molecule has 0 fully saturated rings. The average Bonchev–Trinajstić information content (AvgIpc) is 3.85. The van der Waals surface area contributed by atoms with E-state index in [2.05, 4.69) is 121 Å². The molecule has 0 radical (unpaired) electrons. The van der Waals surface area contributed by atoms with Crippen LogP contribution < -0.4 is 0 Å². The monoisotopic (exact) mass is 733 g/mol. The van der Waals surface area contributed by atoms with Crippen LogP contribution in [0.1, 0.15) is 0 Å². The number of fused-ring (bicyclic) bond motifs is 6. The average molecular weight is 734 g/mol. The van der Waals surface area contributed by atoms with Crippen LogP contribution in [0.15, 0.2) is 192 Å². The van der Waals surface area contributed by atoms with Crippen molar-refractivity contribution >= 4 is 53.4 Å². The van der Waals surface area contributed by atoms with Crippen molar-refractivity contribution in [2.24, 2.45) is 0 Å². The van der Waals surface area contributed by atoms with E-state index >= 15 is 0 Å². The van der Waals surface area contributed by atoms with Crippen LogP contribution in [0.25, 0.3) is 110 Å². The molecule has 3 aromatic heterocycles. The number of para-hydroxylation sites is 1. The van der Waals surface area contributed by atoms with Gasteiger partial charge in [0.15, 0.2) is 17.5 Å². The SMILES string of the molecule is c1ccc(-c2cccc(-c3cc(-c4ccc5sc6c(-c7nc(-c8ccccc8)nc(-c8ccccc8)n7)cccc6c5c4)c4c(c3)oc3ccccc34)c2)cc1. The lowest BCUT2D eigenvalue weighted by molar-refractivity contribution is 0.669. The van der Waals surface area contributed by atoms with E-state index in [1.807, 2.05) is 66.7 Å². The third-order valence-electron chi connectivity index (χ3n) is 10.5. The van der Waals surface area contributed by atoms with E-state index in [1.54, 1.807) is 11.3 Å². The summed E-state index contributed by atoms with van der Waals surface area (Å²) in [4.78, 5) is 15.1. The Bertz CT molecular complexity index is 3180. The molecule has 4 nitrogen and oxygen atoms in total. The zero-order chi connectivity index (χ0) is 37.0. The second kappa shape index (κ2) is 13.3. The molecule has 8 aromatic carbocycles. The molecule has 0 saturated heterocycles. The van der Waals surface area contributed by atoms with E-state index < -0.39 is 0 Å². The third-order valence-corrected chi connectivity index (χ3v) is 11.7. The lowest BCUT2D eigenvalue weighted by Gasteiger charge is -2.11. The summed E-state index contributed by atoms with van der Waals surface area (Å²) in [5, 5.41) is 4.60. The van der Waals surface area contributed by atoms with E-state index in [9.17, 15) is 0 Å². The molecule has 56 heavy (non-hydrogen) atoms. The number of rotatable bonds is 6. The lowest BCUT2D eigenvalue weighted by atomic mass is 9.92. The highest BCUT2D eigenvalue weighted by molar-refractivity contribution is 7.26. The van der Waals surface area contributed by atoms with Crippen LogP contribution in [0.3, 0.4) is 0 Å². The Hall–Kier alpha value is -7.21. The predicted molar refractivity (Wildman–Crippen MR) is 233 cm³/mol. The maximum absolute atomic E-state index is 6.57. The van der Waals surface area contributed by atoms with Gasteiger partial charge in [-0.2, -0.15) is 0 Å². The summed E-state index contributed by atoms with van der Waals surface area (Å²) in [5.41, 5.74) is 11.6. The highest BCUT2D eigenvalue weighted by Gasteiger charge is 2.19. The summed E-state index contributed by atoms with van der Waals surface area (Å²) in [6.07, 6.45) is 0. The Morgan fingerprint density at radius 3 is 1.66 bits per heavy atom. The number of benzene rings is 8. The van der Waals surface area contributed by atoms with Crippen molar-refractivity contribution in [2.45, 2.75) is 0 Å². The lowest BCUT2D eigenvalue weighted by Crippen LogP contribution is -2.00. The Morgan fingerprint density at radius 1 is 0.339 bits per heavy atom. The molecule has 0 spiro atoms. The molecule has 0 aliphatic heterocycles. The third kappa shape index (κ3) is 5.56. The van der Waals surface area contributed by atoms with E-state index in [1.165, 1.54) is 26.6 Å². The van der Waals surface area contributed by atoms with Crippen LogP contribution in [-0.4, -0.2) is 15.0 Å². The second-order valence-corrected chi connectivity index (χ2v) is 15.0. The first-order valence-corrected chi connectivity index (χ1v) is 19.5. The van der Waals surface area contributed by atoms with Crippen LogP contribution in [0.4, 0.5) is 0 Å². The van der Waals surface area contributed by atoms with Crippen LogP contribution in [-0.2, 0) is 0 Å². The molecule has 0 aliphatic rings. The maximum Gasteiger partial charge on any atom is 0.165 e. The summed E-state index contributed by atoms with van der Waals surface area (Å²) < 4.78 is 8.92. The van der Waals surface area contributed by atoms with Crippen LogP contribution in [0, 0.1) is 0 Å². The van der Waals surface area contributed by atoms with Gasteiger partial charge in [-0.05, 0) is 75.8 Å². The second-order valence-electron chi connectivity index (χ2n) is 14.0. The Morgan fingerprint density at radius 2 is 0.929 bits per heavy atom. The smallest absolute Gasteiger partial charge is 0.165 e. The van der Waals surface area contributed by atoms with E-state index in [0.717, 1.165) is 65.6 Å². The van der Waals surface area contributed by atoms with Gasteiger partial charge in [-0.3, -0.25) is 0 Å². The van der Waals surface area contributed by atoms with Crippen molar-refractivity contribution in [3.05, 3.63) is 188 Å². The minimum Gasteiger partial charge on any atom is -0.456 e. The van der Waals surface area contributed by atoms with Gasteiger partial charge in [-0.1, -0.05) is 146 Å². The number of nitrogens with zero attached hydrogens (tertiary/aromatic N) is 3. The van der Waals surface area contributed by atoms with Gasteiger partial charge in [0.25, 0.3) is 0 Å². The van der Waals surface area contributed by atoms with E-state index in [4.69, 9.17) is 19.4 Å². The molecular weight excluding hydrogens is 703 g/mol. The first kappa shape index (κ1) is 32.2. The molecule has 11 rings (SSSR count). The molecule has 11 aromatic rings. The van der Waals surface area contributed by atoms with Gasteiger partial charge >= 0.3 is 0 Å². The summed E-state index contributed by atoms with van der Waals surface area (Å²) in [6.45, 7) is 0. The van der Waals surface area contributed by atoms with Crippen molar-refractivity contribution in [1.82, 2.24) is 15.0 Å². The summed E-state index contributed by atoms with van der Waals surface area (Å²) in [7, 11) is 0. The minimum absolute atomic E-state index is 0.653.